The zero-order chi connectivity index (χ0) is 10.9. The molecule has 0 bridgehead atoms. The molecule has 0 radical (unpaired) electrons. The maximum atomic E-state index is 11.1. The highest BCUT2D eigenvalue weighted by Gasteiger charge is 2.18. The van der Waals surface area contributed by atoms with Gasteiger partial charge in [-0.05, 0) is 18.5 Å². The summed E-state index contributed by atoms with van der Waals surface area (Å²) in [5.74, 6) is 0.415. The lowest BCUT2D eigenvalue weighted by Gasteiger charge is -2.07. The third-order valence-electron chi connectivity index (χ3n) is 2.51. The van der Waals surface area contributed by atoms with Gasteiger partial charge in [0.1, 0.15) is 0 Å². The van der Waals surface area contributed by atoms with Crippen LogP contribution in [0.15, 0.2) is 17.6 Å². The second-order valence-corrected chi connectivity index (χ2v) is 5.67. The molecule has 5 nitrogen and oxygen atoms in total. The van der Waals surface area contributed by atoms with E-state index in [0.29, 0.717) is 5.92 Å². The van der Waals surface area contributed by atoms with Crippen LogP contribution in [0, 0.1) is 0 Å². The van der Waals surface area contributed by atoms with Crippen molar-refractivity contribution in [3.8, 4) is 0 Å². The molecule has 15 heavy (non-hydrogen) atoms. The summed E-state index contributed by atoms with van der Waals surface area (Å²) in [6.07, 6.45) is 5.39. The van der Waals surface area contributed by atoms with E-state index < -0.39 is 9.84 Å². The minimum absolute atomic E-state index is 0.0998. The molecule has 1 fully saturated rings. The molecule has 82 valence electrons. The van der Waals surface area contributed by atoms with Gasteiger partial charge in [0.15, 0.2) is 0 Å². The van der Waals surface area contributed by atoms with E-state index in [0.717, 1.165) is 31.3 Å². The number of hydrogen-bond acceptors (Lipinski definition) is 5. The standard InChI is InChI=1S/C9H13N3O2S/c1-15(13,14)9-11-5-8(6-12-9)7-2-3-10-4-7/h5-7,10H,2-4H2,1H3. The Morgan fingerprint density at radius 3 is 2.53 bits per heavy atom. The topological polar surface area (TPSA) is 72.0 Å². The van der Waals surface area contributed by atoms with Gasteiger partial charge in [-0.15, -0.1) is 0 Å². The SMILES string of the molecule is CS(=O)(=O)c1ncc(C2CCNC2)cn1. The van der Waals surface area contributed by atoms with Crippen molar-refractivity contribution in [2.24, 2.45) is 0 Å². The molecule has 0 aliphatic carbocycles. The van der Waals surface area contributed by atoms with E-state index >= 15 is 0 Å². The molecule has 1 saturated heterocycles. The molecular formula is C9H13N3O2S. The second-order valence-electron chi connectivity index (χ2n) is 3.76. The van der Waals surface area contributed by atoms with Gasteiger partial charge >= 0.3 is 0 Å². The first-order valence-corrected chi connectivity index (χ1v) is 6.69. The average molecular weight is 227 g/mol. The third kappa shape index (κ3) is 2.32. The second kappa shape index (κ2) is 3.86. The van der Waals surface area contributed by atoms with Crippen LogP contribution in [0.1, 0.15) is 17.9 Å². The van der Waals surface area contributed by atoms with E-state index in [1.54, 1.807) is 12.4 Å². The summed E-state index contributed by atoms with van der Waals surface area (Å²) >= 11 is 0. The first kappa shape index (κ1) is 10.5. The van der Waals surface area contributed by atoms with Crippen LogP contribution < -0.4 is 5.32 Å². The third-order valence-corrected chi connectivity index (χ3v) is 3.39. The molecule has 0 amide bonds. The highest BCUT2D eigenvalue weighted by molar-refractivity contribution is 7.90. The highest BCUT2D eigenvalue weighted by Crippen LogP contribution is 2.20. The molecule has 1 aromatic rings. The Hall–Kier alpha value is -1.01. The van der Waals surface area contributed by atoms with Gasteiger partial charge < -0.3 is 5.32 Å². The van der Waals surface area contributed by atoms with E-state index in [-0.39, 0.29) is 5.16 Å². The van der Waals surface area contributed by atoms with Crippen molar-refractivity contribution in [2.45, 2.75) is 17.5 Å². The van der Waals surface area contributed by atoms with Crippen LogP contribution in [0.3, 0.4) is 0 Å². The smallest absolute Gasteiger partial charge is 0.246 e. The van der Waals surface area contributed by atoms with Crippen LogP contribution in [0.2, 0.25) is 0 Å². The molecule has 2 rings (SSSR count). The maximum Gasteiger partial charge on any atom is 0.246 e. The van der Waals surface area contributed by atoms with Gasteiger partial charge in [-0.1, -0.05) is 0 Å². The Labute approximate surface area is 88.9 Å². The molecule has 0 spiro atoms. The summed E-state index contributed by atoms with van der Waals surface area (Å²) in [7, 11) is -3.28. The number of nitrogens with one attached hydrogen (secondary N) is 1. The zero-order valence-corrected chi connectivity index (χ0v) is 9.29. The summed E-state index contributed by atoms with van der Waals surface area (Å²) in [5, 5.41) is 3.14. The predicted octanol–water partition coefficient (Wildman–Crippen LogP) is -0.0430. The molecule has 1 unspecified atom stereocenters. The number of aromatic nitrogens is 2. The molecular weight excluding hydrogens is 214 g/mol. The van der Waals surface area contributed by atoms with Gasteiger partial charge in [0.25, 0.3) is 0 Å². The molecule has 0 saturated carbocycles. The van der Waals surface area contributed by atoms with Crippen LogP contribution in [0.25, 0.3) is 0 Å². The lowest BCUT2D eigenvalue weighted by molar-refractivity contribution is 0.592. The minimum Gasteiger partial charge on any atom is -0.316 e. The summed E-state index contributed by atoms with van der Waals surface area (Å²) < 4.78 is 22.3. The van der Waals surface area contributed by atoms with Gasteiger partial charge in [-0.3, -0.25) is 0 Å². The fourth-order valence-corrected chi connectivity index (χ4v) is 2.16. The quantitative estimate of drug-likeness (QED) is 0.718. The van der Waals surface area contributed by atoms with Crippen molar-refractivity contribution < 1.29 is 8.42 Å². The molecule has 1 aliphatic rings. The molecule has 1 aliphatic heterocycles. The fraction of sp³-hybridized carbons (Fsp3) is 0.556. The van der Waals surface area contributed by atoms with E-state index in [4.69, 9.17) is 0 Å². The summed E-state index contributed by atoms with van der Waals surface area (Å²) in [5.41, 5.74) is 1.01. The number of nitrogens with zero attached hydrogens (tertiary/aromatic N) is 2. The van der Waals surface area contributed by atoms with Crippen LogP contribution in [-0.2, 0) is 9.84 Å². The first-order valence-electron chi connectivity index (χ1n) is 4.80. The fourth-order valence-electron chi connectivity index (χ4n) is 1.67. The predicted molar refractivity (Wildman–Crippen MR) is 55.4 cm³/mol. The lowest BCUT2D eigenvalue weighted by Crippen LogP contribution is -2.09. The summed E-state index contributed by atoms with van der Waals surface area (Å²) in [6, 6.07) is 0. The lowest BCUT2D eigenvalue weighted by atomic mass is 10.0. The monoisotopic (exact) mass is 227 g/mol. The Bertz CT molecular complexity index is 435. The van der Waals surface area contributed by atoms with Crippen molar-refractivity contribution in [3.63, 3.8) is 0 Å². The molecule has 0 aromatic carbocycles. The minimum atomic E-state index is -3.28. The van der Waals surface area contributed by atoms with Crippen LogP contribution in [0.5, 0.6) is 0 Å². The van der Waals surface area contributed by atoms with Crippen molar-refractivity contribution in [2.75, 3.05) is 19.3 Å². The Kier molecular flexibility index (Phi) is 2.70. The largest absolute Gasteiger partial charge is 0.316 e. The Balaban J connectivity index is 2.24. The zero-order valence-electron chi connectivity index (χ0n) is 8.47. The van der Waals surface area contributed by atoms with Crippen molar-refractivity contribution in [3.05, 3.63) is 18.0 Å². The van der Waals surface area contributed by atoms with Crippen molar-refractivity contribution in [1.29, 1.82) is 0 Å². The Morgan fingerprint density at radius 2 is 2.07 bits per heavy atom. The number of hydrogen-bond donors (Lipinski definition) is 1. The van der Waals surface area contributed by atoms with Gasteiger partial charge in [-0.25, -0.2) is 18.4 Å². The highest BCUT2D eigenvalue weighted by atomic mass is 32.2. The number of rotatable bonds is 2. The van der Waals surface area contributed by atoms with E-state index in [2.05, 4.69) is 15.3 Å². The molecule has 1 atom stereocenters. The van der Waals surface area contributed by atoms with Crippen LogP contribution in [0.4, 0.5) is 0 Å². The molecule has 1 N–H and O–H groups in total. The Morgan fingerprint density at radius 1 is 1.40 bits per heavy atom. The first-order chi connectivity index (χ1) is 7.07. The summed E-state index contributed by atoms with van der Waals surface area (Å²) in [4.78, 5) is 7.74. The van der Waals surface area contributed by atoms with E-state index in [1.807, 2.05) is 0 Å². The van der Waals surface area contributed by atoms with Gasteiger partial charge in [0.2, 0.25) is 15.0 Å². The van der Waals surface area contributed by atoms with Gasteiger partial charge in [-0.2, -0.15) is 0 Å². The van der Waals surface area contributed by atoms with Crippen LogP contribution in [-0.4, -0.2) is 37.7 Å². The molecule has 1 aromatic heterocycles. The average Bonchev–Trinajstić information content (AvgIpc) is 2.69. The maximum absolute atomic E-state index is 11.1. The molecule has 2 heterocycles. The van der Waals surface area contributed by atoms with Gasteiger partial charge in [0, 0.05) is 31.1 Å². The van der Waals surface area contributed by atoms with Crippen molar-refractivity contribution >= 4 is 9.84 Å². The summed E-state index contributed by atoms with van der Waals surface area (Å²) in [6.45, 7) is 1.92. The van der Waals surface area contributed by atoms with Crippen molar-refractivity contribution in [1.82, 2.24) is 15.3 Å². The normalized spacial score (nSPS) is 21.8. The van der Waals surface area contributed by atoms with Crippen LogP contribution >= 0.6 is 0 Å². The number of sulfone groups is 1. The van der Waals surface area contributed by atoms with Gasteiger partial charge in [0.05, 0.1) is 0 Å². The van der Waals surface area contributed by atoms with E-state index in [9.17, 15) is 8.42 Å². The van der Waals surface area contributed by atoms with E-state index in [1.165, 1.54) is 0 Å². The molecule has 6 heteroatoms.